The highest BCUT2D eigenvalue weighted by Crippen LogP contribution is 2.43. The Balaban J connectivity index is 1.60. The maximum Gasteiger partial charge on any atom is 0.325 e. The van der Waals surface area contributed by atoms with Crippen molar-refractivity contribution in [1.29, 1.82) is 0 Å². The second-order valence-corrected chi connectivity index (χ2v) is 7.38. The number of fused-ring (bicyclic) bond motifs is 2. The molecule has 2 atom stereocenters. The number of piperazine rings is 1. The number of hydrogen-bond acceptors (Lipinski definition) is 7. The maximum absolute atomic E-state index is 13.1. The first-order chi connectivity index (χ1) is 11.5. The van der Waals surface area contributed by atoms with Gasteiger partial charge in [-0.2, -0.15) is 0 Å². The van der Waals surface area contributed by atoms with E-state index in [9.17, 15) is 19.5 Å². The van der Waals surface area contributed by atoms with Crippen LogP contribution in [0, 0.1) is 0 Å². The number of β-amino-alcohol motifs (C(OH)–C–C–N with tert-alkyl or cyclic N) is 1. The van der Waals surface area contributed by atoms with E-state index in [1.807, 2.05) is 4.90 Å². The summed E-state index contributed by atoms with van der Waals surface area (Å²) in [4.78, 5) is 42.6. The second kappa shape index (κ2) is 5.50. The number of aliphatic hydroxyl groups is 1. The monoisotopic (exact) mass is 337 g/mol. The van der Waals surface area contributed by atoms with Crippen LogP contribution in [0.25, 0.3) is 0 Å². The molecule has 2 amide bonds. The molecule has 132 valence electrons. The van der Waals surface area contributed by atoms with Crippen LogP contribution in [0.4, 0.5) is 0 Å². The van der Waals surface area contributed by atoms with Crippen LogP contribution in [-0.4, -0.2) is 94.6 Å². The number of nitrogens with zero attached hydrogens (tertiary/aromatic N) is 3. The number of likely N-dealkylation sites (tertiary alicyclic amines) is 1. The van der Waals surface area contributed by atoms with E-state index >= 15 is 0 Å². The number of amides is 2. The van der Waals surface area contributed by atoms with Crippen molar-refractivity contribution >= 4 is 17.8 Å². The normalized spacial score (nSPS) is 33.3. The minimum Gasteiger partial charge on any atom is -0.468 e. The van der Waals surface area contributed by atoms with E-state index in [2.05, 4.69) is 9.64 Å². The fourth-order valence-electron chi connectivity index (χ4n) is 4.47. The molecule has 4 aliphatic rings. The Morgan fingerprint density at radius 1 is 1.33 bits per heavy atom. The fourth-order valence-corrected chi connectivity index (χ4v) is 4.47. The van der Waals surface area contributed by atoms with Crippen molar-refractivity contribution in [2.24, 2.45) is 0 Å². The van der Waals surface area contributed by atoms with Crippen molar-refractivity contribution < 1.29 is 24.2 Å². The summed E-state index contributed by atoms with van der Waals surface area (Å²) in [6, 6.07) is 0.00647. The number of imide groups is 1. The third-order valence-corrected chi connectivity index (χ3v) is 6.06. The molecule has 3 saturated heterocycles. The van der Waals surface area contributed by atoms with Gasteiger partial charge in [-0.1, -0.05) is 6.42 Å². The van der Waals surface area contributed by atoms with E-state index in [1.54, 1.807) is 0 Å². The quantitative estimate of drug-likeness (QED) is 0.499. The van der Waals surface area contributed by atoms with Crippen molar-refractivity contribution in [1.82, 2.24) is 14.7 Å². The summed E-state index contributed by atoms with van der Waals surface area (Å²) in [6.07, 6.45) is 3.23. The Morgan fingerprint density at radius 3 is 2.62 bits per heavy atom. The van der Waals surface area contributed by atoms with Gasteiger partial charge in [-0.05, 0) is 19.3 Å². The van der Waals surface area contributed by atoms with Crippen molar-refractivity contribution in [3.8, 4) is 0 Å². The van der Waals surface area contributed by atoms with E-state index in [-0.39, 0.29) is 12.5 Å². The molecule has 0 aromatic carbocycles. The van der Waals surface area contributed by atoms with Gasteiger partial charge in [0.1, 0.15) is 12.1 Å². The summed E-state index contributed by atoms with van der Waals surface area (Å²) in [5.41, 5.74) is -0.778. The van der Waals surface area contributed by atoms with Crippen LogP contribution in [0.3, 0.4) is 0 Å². The van der Waals surface area contributed by atoms with E-state index in [4.69, 9.17) is 0 Å². The Hall–Kier alpha value is -1.51. The highest BCUT2D eigenvalue weighted by Gasteiger charge is 2.65. The van der Waals surface area contributed by atoms with Gasteiger partial charge in [0.2, 0.25) is 5.91 Å². The SMILES string of the molecule is COC(=O)CN1C(=O)C2CC(O)CN2C2(CN(C3CCC3)C2)C1=O. The van der Waals surface area contributed by atoms with Crippen LogP contribution in [0.2, 0.25) is 0 Å². The summed E-state index contributed by atoms with van der Waals surface area (Å²) in [5, 5.41) is 10.0. The maximum atomic E-state index is 13.1. The molecule has 1 spiro atoms. The van der Waals surface area contributed by atoms with Gasteiger partial charge >= 0.3 is 5.97 Å². The van der Waals surface area contributed by atoms with Gasteiger partial charge in [-0.3, -0.25) is 29.1 Å². The highest BCUT2D eigenvalue weighted by atomic mass is 16.5. The first-order valence-corrected chi connectivity index (χ1v) is 8.58. The van der Waals surface area contributed by atoms with Crippen LogP contribution in [0.15, 0.2) is 0 Å². The van der Waals surface area contributed by atoms with Crippen molar-refractivity contribution in [3.63, 3.8) is 0 Å². The third kappa shape index (κ3) is 2.13. The molecule has 4 rings (SSSR count). The van der Waals surface area contributed by atoms with Crippen LogP contribution in [0.5, 0.6) is 0 Å². The van der Waals surface area contributed by atoms with Crippen molar-refractivity contribution in [3.05, 3.63) is 0 Å². The van der Waals surface area contributed by atoms with Crippen molar-refractivity contribution in [2.45, 2.75) is 49.4 Å². The number of hydrogen-bond donors (Lipinski definition) is 1. The molecule has 8 heteroatoms. The molecule has 1 N–H and O–H groups in total. The summed E-state index contributed by atoms with van der Waals surface area (Å²) in [5.74, 6) is -1.32. The topological polar surface area (TPSA) is 90.4 Å². The molecule has 1 aliphatic carbocycles. The lowest BCUT2D eigenvalue weighted by atomic mass is 9.78. The number of esters is 1. The molecule has 24 heavy (non-hydrogen) atoms. The lowest BCUT2D eigenvalue weighted by Gasteiger charge is -2.61. The highest BCUT2D eigenvalue weighted by molar-refractivity contribution is 6.07. The van der Waals surface area contributed by atoms with E-state index in [0.717, 1.165) is 17.7 Å². The molecule has 8 nitrogen and oxygen atoms in total. The molecule has 4 fully saturated rings. The molecule has 3 aliphatic heterocycles. The average Bonchev–Trinajstić information content (AvgIpc) is 2.85. The van der Waals surface area contributed by atoms with Gasteiger partial charge in [0.05, 0.1) is 19.3 Å². The number of aliphatic hydroxyl groups excluding tert-OH is 1. The van der Waals surface area contributed by atoms with Gasteiger partial charge in [0.25, 0.3) is 5.91 Å². The lowest BCUT2D eigenvalue weighted by Crippen LogP contribution is -2.82. The molecule has 3 heterocycles. The van der Waals surface area contributed by atoms with Gasteiger partial charge in [-0.15, -0.1) is 0 Å². The zero-order valence-electron chi connectivity index (χ0n) is 13.8. The predicted octanol–water partition coefficient (Wildman–Crippen LogP) is -1.43. The van der Waals surface area contributed by atoms with Gasteiger partial charge in [-0.25, -0.2) is 0 Å². The van der Waals surface area contributed by atoms with Crippen LogP contribution in [-0.2, 0) is 19.1 Å². The summed E-state index contributed by atoms with van der Waals surface area (Å²) in [7, 11) is 1.24. The number of rotatable bonds is 3. The van der Waals surface area contributed by atoms with Crippen LogP contribution < -0.4 is 0 Å². The summed E-state index contributed by atoms with van der Waals surface area (Å²) >= 11 is 0. The van der Waals surface area contributed by atoms with Gasteiger partial charge < -0.3 is 9.84 Å². The molecular weight excluding hydrogens is 314 g/mol. The Kier molecular flexibility index (Phi) is 3.67. The van der Waals surface area contributed by atoms with E-state index in [1.165, 1.54) is 13.5 Å². The Labute approximate surface area is 140 Å². The Bertz CT molecular complexity index is 584. The molecular formula is C16H23N3O5. The van der Waals surface area contributed by atoms with E-state index in [0.29, 0.717) is 32.1 Å². The zero-order valence-corrected chi connectivity index (χ0v) is 13.8. The van der Waals surface area contributed by atoms with Gasteiger partial charge in [0, 0.05) is 25.7 Å². The summed E-state index contributed by atoms with van der Waals surface area (Å²) in [6.45, 7) is 1.14. The van der Waals surface area contributed by atoms with E-state index < -0.39 is 29.6 Å². The molecule has 0 radical (unpaired) electrons. The first kappa shape index (κ1) is 16.0. The number of carbonyl (C=O) groups is 3. The van der Waals surface area contributed by atoms with Crippen LogP contribution in [0.1, 0.15) is 25.7 Å². The largest absolute Gasteiger partial charge is 0.468 e. The predicted molar refractivity (Wildman–Crippen MR) is 81.8 cm³/mol. The van der Waals surface area contributed by atoms with Crippen LogP contribution >= 0.6 is 0 Å². The number of ether oxygens (including phenoxy) is 1. The number of methoxy groups -OCH3 is 1. The minimum absolute atomic E-state index is 0.314. The smallest absolute Gasteiger partial charge is 0.325 e. The summed E-state index contributed by atoms with van der Waals surface area (Å²) < 4.78 is 4.63. The molecule has 0 bridgehead atoms. The number of carbonyl (C=O) groups excluding carboxylic acids is 3. The van der Waals surface area contributed by atoms with Gasteiger partial charge in [0.15, 0.2) is 0 Å². The molecule has 1 saturated carbocycles. The zero-order chi connectivity index (χ0) is 17.1. The standard InChI is InChI=1S/C16H23N3O5/c1-24-13(21)7-18-14(22)12-5-11(20)6-19(12)16(15(18)23)8-17(9-16)10-3-2-4-10/h10-12,20H,2-9H2,1H3. The van der Waals surface area contributed by atoms with Crippen molar-refractivity contribution in [2.75, 3.05) is 33.3 Å². The second-order valence-electron chi connectivity index (χ2n) is 7.38. The molecule has 0 aromatic heterocycles. The average molecular weight is 337 g/mol. The third-order valence-electron chi connectivity index (χ3n) is 6.06. The first-order valence-electron chi connectivity index (χ1n) is 8.58. The molecule has 2 unspecified atom stereocenters. The minimum atomic E-state index is -0.778. The fraction of sp³-hybridized carbons (Fsp3) is 0.812. The lowest BCUT2D eigenvalue weighted by molar-refractivity contribution is -0.186. The molecule has 0 aromatic rings. The Morgan fingerprint density at radius 2 is 2.04 bits per heavy atom.